The predicted molar refractivity (Wildman–Crippen MR) is 133 cm³/mol. The van der Waals surface area contributed by atoms with Crippen LogP contribution >= 0.6 is 11.3 Å². The van der Waals surface area contributed by atoms with Gasteiger partial charge < -0.3 is 25.4 Å². The van der Waals surface area contributed by atoms with Crippen LogP contribution in [-0.4, -0.2) is 73.4 Å². The van der Waals surface area contributed by atoms with Gasteiger partial charge >= 0.3 is 0 Å². The molecule has 0 aliphatic carbocycles. The van der Waals surface area contributed by atoms with Gasteiger partial charge in [-0.15, -0.1) is 11.3 Å². The van der Waals surface area contributed by atoms with Crippen molar-refractivity contribution in [1.82, 2.24) is 14.9 Å². The Morgan fingerprint density at radius 3 is 2.53 bits per heavy atom. The standard InChI is InChI=1S/C24H28N6O3S/c25-23(31)19-14-20(17-4-5-22(26-15-17)30-8-12-33-13-9-30)34-24(19)28-21-3-1-2-18(27-21)16-29-6-10-32-11-7-29/h1-5,14-15H,6-13,16H2,(H2,25,31)(H,27,28). The van der Waals surface area contributed by atoms with Gasteiger partial charge in [-0.25, -0.2) is 9.97 Å². The molecule has 5 heterocycles. The highest BCUT2D eigenvalue weighted by Gasteiger charge is 2.18. The maximum Gasteiger partial charge on any atom is 0.251 e. The molecule has 2 aliphatic rings. The summed E-state index contributed by atoms with van der Waals surface area (Å²) in [4.78, 5) is 27.0. The highest BCUT2D eigenvalue weighted by atomic mass is 32.1. The number of nitrogens with one attached hydrogen (secondary N) is 1. The summed E-state index contributed by atoms with van der Waals surface area (Å²) in [6.45, 7) is 7.17. The molecule has 1 amide bonds. The Labute approximate surface area is 202 Å². The molecule has 3 aromatic heterocycles. The summed E-state index contributed by atoms with van der Waals surface area (Å²) >= 11 is 1.47. The summed E-state index contributed by atoms with van der Waals surface area (Å²) < 4.78 is 10.8. The first kappa shape index (κ1) is 22.7. The molecular formula is C24H28N6O3S. The normalized spacial score (nSPS) is 17.0. The fourth-order valence-electron chi connectivity index (χ4n) is 4.06. The number of ether oxygens (including phenoxy) is 2. The SMILES string of the molecule is NC(=O)c1cc(-c2ccc(N3CCOCC3)nc2)sc1Nc1cccc(CN2CCOCC2)n1. The number of amides is 1. The molecule has 0 spiro atoms. The van der Waals surface area contributed by atoms with Gasteiger partial charge in [0.1, 0.15) is 16.6 Å². The number of carbonyl (C=O) groups is 1. The zero-order valence-electron chi connectivity index (χ0n) is 18.9. The molecule has 2 saturated heterocycles. The molecule has 0 unspecified atom stereocenters. The average Bonchev–Trinajstić information content (AvgIpc) is 3.30. The van der Waals surface area contributed by atoms with Crippen molar-refractivity contribution in [3.05, 3.63) is 53.9 Å². The van der Waals surface area contributed by atoms with Gasteiger partial charge in [0, 0.05) is 49.4 Å². The van der Waals surface area contributed by atoms with Crippen LogP contribution in [0.25, 0.3) is 10.4 Å². The number of morpholine rings is 2. The average molecular weight is 481 g/mol. The fraction of sp³-hybridized carbons (Fsp3) is 0.375. The summed E-state index contributed by atoms with van der Waals surface area (Å²) in [6.07, 6.45) is 1.84. The monoisotopic (exact) mass is 480 g/mol. The molecule has 3 N–H and O–H groups in total. The van der Waals surface area contributed by atoms with Crippen molar-refractivity contribution in [2.75, 3.05) is 62.8 Å². The van der Waals surface area contributed by atoms with Crippen molar-refractivity contribution < 1.29 is 14.3 Å². The van der Waals surface area contributed by atoms with Gasteiger partial charge in [-0.1, -0.05) is 6.07 Å². The van der Waals surface area contributed by atoms with Crippen molar-refractivity contribution >= 4 is 33.9 Å². The summed E-state index contributed by atoms with van der Waals surface area (Å²) in [5, 5.41) is 3.98. The van der Waals surface area contributed by atoms with Crippen molar-refractivity contribution in [2.24, 2.45) is 5.73 Å². The minimum atomic E-state index is -0.479. The lowest BCUT2D eigenvalue weighted by Gasteiger charge is -2.27. The highest BCUT2D eigenvalue weighted by Crippen LogP contribution is 2.37. The number of rotatable bonds is 7. The van der Waals surface area contributed by atoms with E-state index in [1.165, 1.54) is 11.3 Å². The minimum Gasteiger partial charge on any atom is -0.379 e. The Hall–Kier alpha value is -3.05. The molecule has 34 heavy (non-hydrogen) atoms. The van der Waals surface area contributed by atoms with Crippen molar-refractivity contribution in [2.45, 2.75) is 6.54 Å². The second-order valence-corrected chi connectivity index (χ2v) is 9.30. The van der Waals surface area contributed by atoms with Gasteiger partial charge in [0.15, 0.2) is 0 Å². The second kappa shape index (κ2) is 10.5. The van der Waals surface area contributed by atoms with Crippen LogP contribution in [0, 0.1) is 0 Å². The molecule has 0 radical (unpaired) electrons. The number of thiophene rings is 1. The third kappa shape index (κ3) is 5.36. The largest absolute Gasteiger partial charge is 0.379 e. The van der Waals surface area contributed by atoms with E-state index in [0.29, 0.717) is 29.6 Å². The maximum absolute atomic E-state index is 12.2. The second-order valence-electron chi connectivity index (χ2n) is 8.25. The van der Waals surface area contributed by atoms with Crippen LogP contribution in [0.2, 0.25) is 0 Å². The molecule has 3 aromatic rings. The number of hydrogen-bond acceptors (Lipinski definition) is 9. The third-order valence-electron chi connectivity index (χ3n) is 5.90. The molecular weight excluding hydrogens is 452 g/mol. The zero-order valence-corrected chi connectivity index (χ0v) is 19.7. The molecule has 0 aromatic carbocycles. The summed E-state index contributed by atoms with van der Waals surface area (Å²) in [7, 11) is 0. The van der Waals surface area contributed by atoms with Gasteiger partial charge in [0.05, 0.1) is 37.7 Å². The molecule has 9 nitrogen and oxygen atoms in total. The van der Waals surface area contributed by atoms with E-state index in [1.807, 2.05) is 42.6 Å². The first-order valence-corrected chi connectivity index (χ1v) is 12.2. The Balaban J connectivity index is 1.33. The topological polar surface area (TPSA) is 106 Å². The minimum absolute atomic E-state index is 0.442. The van der Waals surface area contributed by atoms with E-state index < -0.39 is 5.91 Å². The van der Waals surface area contributed by atoms with Gasteiger partial charge in [-0.05, 0) is 30.3 Å². The van der Waals surface area contributed by atoms with Crippen molar-refractivity contribution in [3.8, 4) is 10.4 Å². The van der Waals surface area contributed by atoms with Crippen LogP contribution in [0.4, 0.5) is 16.6 Å². The smallest absolute Gasteiger partial charge is 0.251 e. The Bertz CT molecular complexity index is 1120. The lowest BCUT2D eigenvalue weighted by molar-refractivity contribution is 0.0337. The van der Waals surface area contributed by atoms with E-state index in [2.05, 4.69) is 20.1 Å². The van der Waals surface area contributed by atoms with E-state index in [9.17, 15) is 4.79 Å². The van der Waals surface area contributed by atoms with Crippen molar-refractivity contribution in [1.29, 1.82) is 0 Å². The van der Waals surface area contributed by atoms with Gasteiger partial charge in [0.2, 0.25) is 0 Å². The quantitative estimate of drug-likeness (QED) is 0.532. The molecule has 10 heteroatoms. The molecule has 0 atom stereocenters. The van der Waals surface area contributed by atoms with Gasteiger partial charge in [-0.3, -0.25) is 9.69 Å². The number of nitrogens with two attached hydrogens (primary N) is 1. The number of primary amides is 1. The number of anilines is 3. The molecule has 0 saturated carbocycles. The third-order valence-corrected chi connectivity index (χ3v) is 7.00. The van der Waals surface area contributed by atoms with E-state index in [0.717, 1.165) is 67.9 Å². The first-order valence-electron chi connectivity index (χ1n) is 11.4. The van der Waals surface area contributed by atoms with Crippen molar-refractivity contribution in [3.63, 3.8) is 0 Å². The summed E-state index contributed by atoms with van der Waals surface area (Å²) in [6, 6.07) is 11.7. The van der Waals surface area contributed by atoms with Crippen LogP contribution in [0.15, 0.2) is 42.6 Å². The lowest BCUT2D eigenvalue weighted by atomic mass is 10.2. The zero-order chi connectivity index (χ0) is 23.3. The molecule has 2 fully saturated rings. The fourth-order valence-corrected chi connectivity index (χ4v) is 5.12. The van der Waals surface area contributed by atoms with E-state index in [1.54, 1.807) is 0 Å². The molecule has 2 aliphatic heterocycles. The molecule has 178 valence electrons. The first-order chi connectivity index (χ1) is 16.7. The van der Waals surface area contributed by atoms with Gasteiger partial charge in [-0.2, -0.15) is 0 Å². The number of nitrogens with zero attached hydrogens (tertiary/aromatic N) is 4. The number of carbonyl (C=O) groups excluding carboxylic acids is 1. The molecule has 5 rings (SSSR count). The highest BCUT2D eigenvalue weighted by molar-refractivity contribution is 7.19. The van der Waals surface area contributed by atoms with Crippen LogP contribution in [0.5, 0.6) is 0 Å². The van der Waals surface area contributed by atoms with E-state index in [-0.39, 0.29) is 0 Å². The van der Waals surface area contributed by atoms with Crippen LogP contribution in [-0.2, 0) is 16.0 Å². The number of hydrogen-bond donors (Lipinski definition) is 2. The van der Waals surface area contributed by atoms with Gasteiger partial charge in [0.25, 0.3) is 5.91 Å². The van der Waals surface area contributed by atoms with Crippen LogP contribution < -0.4 is 16.0 Å². The van der Waals surface area contributed by atoms with Crippen LogP contribution in [0.3, 0.4) is 0 Å². The predicted octanol–water partition coefficient (Wildman–Crippen LogP) is 2.72. The Kier molecular flexibility index (Phi) is 7.00. The Morgan fingerprint density at radius 1 is 1.06 bits per heavy atom. The lowest BCUT2D eigenvalue weighted by Crippen LogP contribution is -2.36. The molecule has 0 bridgehead atoms. The summed E-state index contributed by atoms with van der Waals surface area (Å²) in [5.74, 6) is 1.13. The Morgan fingerprint density at radius 2 is 1.82 bits per heavy atom. The summed E-state index contributed by atoms with van der Waals surface area (Å²) in [5.41, 5.74) is 8.03. The van der Waals surface area contributed by atoms with E-state index >= 15 is 0 Å². The number of pyridine rings is 2. The van der Waals surface area contributed by atoms with E-state index in [4.69, 9.17) is 20.2 Å². The van der Waals surface area contributed by atoms with Crippen LogP contribution in [0.1, 0.15) is 16.1 Å². The maximum atomic E-state index is 12.2. The number of aromatic nitrogens is 2.